The number of nitrogens with one attached hydrogen (secondary N) is 2. The lowest BCUT2D eigenvalue weighted by Crippen LogP contribution is -2.41. The van der Waals surface area contributed by atoms with Gasteiger partial charge in [0, 0.05) is 26.5 Å². The van der Waals surface area contributed by atoms with Crippen LogP contribution in [0, 0.1) is 0 Å². The minimum absolute atomic E-state index is 0.358. The van der Waals surface area contributed by atoms with Gasteiger partial charge in [0.05, 0.1) is 28.2 Å². The van der Waals surface area contributed by atoms with Gasteiger partial charge in [-0.2, -0.15) is 0 Å². The predicted octanol–water partition coefficient (Wildman–Crippen LogP) is 6.52. The smallest absolute Gasteiger partial charge is 0.444 e. The van der Waals surface area contributed by atoms with E-state index in [9.17, 15) is 13.2 Å². The summed E-state index contributed by atoms with van der Waals surface area (Å²) in [5, 5.41) is 3.63. The van der Waals surface area contributed by atoms with E-state index in [-0.39, 0.29) is 0 Å². The summed E-state index contributed by atoms with van der Waals surface area (Å²) in [4.78, 5) is 17.8. The molecule has 1 saturated carbocycles. The first-order valence-corrected chi connectivity index (χ1v) is 17.6. The molecule has 2 aromatic rings. The molecule has 1 aromatic carbocycles. The first-order valence-electron chi connectivity index (χ1n) is 14.8. The molecule has 3 heterocycles. The summed E-state index contributed by atoms with van der Waals surface area (Å²) in [5.74, 6) is 0.369. The minimum Gasteiger partial charge on any atom is -0.444 e. The number of carbonyl (C=O) groups excluding carboxylic acids is 1. The zero-order valence-electron chi connectivity index (χ0n) is 26.5. The molecule has 2 N–H and O–H groups in total. The van der Waals surface area contributed by atoms with Gasteiger partial charge in [-0.1, -0.05) is 43.6 Å². The second-order valence-electron chi connectivity index (χ2n) is 12.8. The van der Waals surface area contributed by atoms with Gasteiger partial charge in [-0.3, -0.25) is 5.32 Å². The van der Waals surface area contributed by atoms with E-state index < -0.39 is 51.3 Å². The van der Waals surface area contributed by atoms with Crippen molar-refractivity contribution in [3.8, 4) is 0 Å². The van der Waals surface area contributed by atoms with E-state index in [1.165, 1.54) is 11.3 Å². The molecule has 0 radical (unpaired) electrons. The van der Waals surface area contributed by atoms with Crippen LogP contribution < -0.4 is 15.5 Å². The van der Waals surface area contributed by atoms with E-state index in [1.807, 2.05) is 65.8 Å². The largest absolute Gasteiger partial charge is 0.496 e. The van der Waals surface area contributed by atoms with Gasteiger partial charge in [0.25, 0.3) is 0 Å². The number of hydrogen-bond acceptors (Lipinski definition) is 8. The molecule has 236 valence electrons. The summed E-state index contributed by atoms with van der Waals surface area (Å²) in [7, 11) is -4.20. The molecule has 1 aliphatic carbocycles. The number of ether oxygens (including phenoxy) is 1. The number of thiophene rings is 1. The average Bonchev–Trinajstić information content (AvgIpc) is 3.63. The van der Waals surface area contributed by atoms with Crippen molar-refractivity contribution in [2.24, 2.45) is 4.99 Å². The molecule has 1 unspecified atom stereocenters. The standard InChI is InChI=1S/C28H37BClN3O6S2.C2H6/c1-26(2,3)37-25(34)32-21-14-13-19(30)22(31-21)23(33-41(35,36)17-11-12-17)20-15-16-9-8-10-18(24(16)40-20)29-38-27(4,5)28(6,7)39-29;1-2/h8-10,15,17,23,33H,11-14H2,1-7H3,(H,31,32,34);1-2H3. The zero-order valence-corrected chi connectivity index (χ0v) is 28.8. The number of fused-ring (bicyclic) bond motifs is 1. The van der Waals surface area contributed by atoms with Crippen LogP contribution in [0.25, 0.3) is 10.1 Å². The fourth-order valence-corrected chi connectivity index (χ4v) is 7.72. The van der Waals surface area contributed by atoms with Crippen LogP contribution in [0.4, 0.5) is 4.79 Å². The van der Waals surface area contributed by atoms with Crippen LogP contribution >= 0.6 is 22.9 Å². The van der Waals surface area contributed by atoms with Gasteiger partial charge in [0.2, 0.25) is 10.0 Å². The molecular formula is C30H43BClN3O6S2. The van der Waals surface area contributed by atoms with Crippen LogP contribution in [0.5, 0.6) is 0 Å². The van der Waals surface area contributed by atoms with E-state index in [0.29, 0.717) is 42.2 Å². The van der Waals surface area contributed by atoms with Gasteiger partial charge < -0.3 is 14.0 Å². The second-order valence-corrected chi connectivity index (χ2v) is 16.3. The van der Waals surface area contributed by atoms with Crippen molar-refractivity contribution >= 4 is 67.6 Å². The van der Waals surface area contributed by atoms with Gasteiger partial charge in [0.1, 0.15) is 11.4 Å². The van der Waals surface area contributed by atoms with Gasteiger partial charge in [-0.25, -0.2) is 22.9 Å². The van der Waals surface area contributed by atoms with Crippen molar-refractivity contribution in [2.75, 3.05) is 0 Å². The molecule has 13 heteroatoms. The molecule has 1 atom stereocenters. The number of alkyl carbamates (subject to hydrolysis) is 1. The normalized spacial score (nSPS) is 20.8. The fourth-order valence-electron chi connectivity index (χ4n) is 4.64. The first kappa shape index (κ1) is 33.9. The van der Waals surface area contributed by atoms with Crippen LogP contribution in [0.1, 0.15) is 98.9 Å². The number of aliphatic imine (C=N–C) groups is 1. The molecular weight excluding hydrogens is 609 g/mol. The third-order valence-electron chi connectivity index (χ3n) is 7.66. The molecule has 5 rings (SSSR count). The van der Waals surface area contributed by atoms with Crippen molar-refractivity contribution in [1.82, 2.24) is 10.0 Å². The topological polar surface area (TPSA) is 115 Å². The number of halogens is 1. The summed E-state index contributed by atoms with van der Waals surface area (Å²) in [6, 6.07) is 7.01. The molecule has 2 fully saturated rings. The molecule has 1 aromatic heterocycles. The lowest BCUT2D eigenvalue weighted by Gasteiger charge is -2.32. The van der Waals surface area contributed by atoms with E-state index >= 15 is 0 Å². The molecule has 0 spiro atoms. The maximum Gasteiger partial charge on any atom is 0.496 e. The van der Waals surface area contributed by atoms with E-state index in [4.69, 9.17) is 25.6 Å². The maximum absolute atomic E-state index is 13.2. The monoisotopic (exact) mass is 651 g/mol. The number of allylic oxidation sites excluding steroid dienone is 1. The first-order chi connectivity index (χ1) is 20.0. The highest BCUT2D eigenvalue weighted by atomic mass is 35.5. The number of amidine groups is 1. The lowest BCUT2D eigenvalue weighted by molar-refractivity contribution is 0.00578. The quantitative estimate of drug-likeness (QED) is 0.344. The van der Waals surface area contributed by atoms with E-state index in [0.717, 1.165) is 20.4 Å². The SMILES string of the molecule is CC.CC(C)(C)OC(=O)NC1=NC(C(NS(=O)(=O)C2CC2)c2cc3cccc(B4OC(C)(C)C(C)(C)O4)c3s2)=C(Cl)CC1. The third-order valence-corrected chi connectivity index (χ3v) is 11.2. The molecule has 1 amide bonds. The van der Waals surface area contributed by atoms with Crippen molar-refractivity contribution in [1.29, 1.82) is 0 Å². The average molecular weight is 652 g/mol. The molecule has 1 saturated heterocycles. The van der Waals surface area contributed by atoms with Crippen molar-refractivity contribution < 1.29 is 27.3 Å². The Hall–Kier alpha value is -1.96. The highest BCUT2D eigenvalue weighted by Crippen LogP contribution is 2.41. The Labute approximate surface area is 265 Å². The van der Waals surface area contributed by atoms with Crippen LogP contribution in [0.15, 0.2) is 40.0 Å². The van der Waals surface area contributed by atoms with Gasteiger partial charge in [-0.05, 0) is 79.2 Å². The predicted molar refractivity (Wildman–Crippen MR) is 176 cm³/mol. The lowest BCUT2D eigenvalue weighted by atomic mass is 9.78. The number of benzene rings is 1. The van der Waals surface area contributed by atoms with Gasteiger partial charge in [-0.15, -0.1) is 11.3 Å². The molecule has 9 nitrogen and oxygen atoms in total. The summed E-state index contributed by atoms with van der Waals surface area (Å²) < 4.78 is 48.3. The Bertz CT molecular complexity index is 1520. The third kappa shape index (κ3) is 7.65. The van der Waals surface area contributed by atoms with Crippen LogP contribution in [0.3, 0.4) is 0 Å². The number of sulfonamides is 1. The van der Waals surface area contributed by atoms with Crippen molar-refractivity contribution in [3.05, 3.63) is 39.9 Å². The molecule has 0 bridgehead atoms. The van der Waals surface area contributed by atoms with Crippen molar-refractivity contribution in [3.63, 3.8) is 0 Å². The highest BCUT2D eigenvalue weighted by Gasteiger charge is 2.52. The molecule has 2 aliphatic heterocycles. The van der Waals surface area contributed by atoms with E-state index in [2.05, 4.69) is 15.0 Å². The summed E-state index contributed by atoms with van der Waals surface area (Å²) in [5.41, 5.74) is -0.452. The fraction of sp³-hybridized carbons (Fsp3) is 0.600. The maximum atomic E-state index is 13.2. The number of amides is 1. The second kappa shape index (κ2) is 12.4. The molecule has 3 aliphatic rings. The number of carbonyl (C=O) groups is 1. The number of hydrogen-bond donors (Lipinski definition) is 2. The number of rotatable bonds is 6. The minimum atomic E-state index is -3.63. The van der Waals surface area contributed by atoms with Gasteiger partial charge >= 0.3 is 13.2 Å². The van der Waals surface area contributed by atoms with Crippen LogP contribution in [-0.2, 0) is 24.1 Å². The van der Waals surface area contributed by atoms with Gasteiger partial charge in [0.15, 0.2) is 0 Å². The summed E-state index contributed by atoms with van der Waals surface area (Å²) in [6.07, 6.45) is 1.39. The Morgan fingerprint density at radius 2 is 1.77 bits per heavy atom. The Morgan fingerprint density at radius 1 is 1.14 bits per heavy atom. The Balaban J connectivity index is 0.00000207. The van der Waals surface area contributed by atoms with Crippen molar-refractivity contribution in [2.45, 2.75) is 116 Å². The molecule has 43 heavy (non-hydrogen) atoms. The van der Waals surface area contributed by atoms with Crippen LogP contribution in [0.2, 0.25) is 0 Å². The number of nitrogens with zero attached hydrogens (tertiary/aromatic N) is 1. The summed E-state index contributed by atoms with van der Waals surface area (Å²) in [6.45, 7) is 17.4. The summed E-state index contributed by atoms with van der Waals surface area (Å²) >= 11 is 8.16. The Morgan fingerprint density at radius 3 is 2.35 bits per heavy atom. The zero-order chi connectivity index (χ0) is 32.0. The van der Waals surface area contributed by atoms with Crippen LogP contribution in [-0.4, -0.2) is 49.5 Å². The van der Waals surface area contributed by atoms with E-state index in [1.54, 1.807) is 20.8 Å². The highest BCUT2D eigenvalue weighted by molar-refractivity contribution is 7.90. The Kier molecular flexibility index (Phi) is 9.82.